The Bertz CT molecular complexity index is 313. The number of urea groups is 1. The number of hydrogen-bond donors (Lipinski definition) is 0. The summed E-state index contributed by atoms with van der Waals surface area (Å²) in [7, 11) is 0. The van der Waals surface area contributed by atoms with Crippen molar-refractivity contribution in [1.29, 1.82) is 0 Å². The lowest BCUT2D eigenvalue weighted by Crippen LogP contribution is -2.57. The number of morpholine rings is 2. The molecule has 3 aliphatic rings. The fourth-order valence-electron chi connectivity index (χ4n) is 3.07. The first kappa shape index (κ1) is 15.0. The maximum Gasteiger partial charge on any atom is 0.322 e. The molecule has 2 amide bonds. The number of nitrogens with zero attached hydrogens (tertiary/aromatic N) is 4. The van der Waals surface area contributed by atoms with Crippen molar-refractivity contribution in [3.8, 4) is 0 Å². The van der Waals surface area contributed by atoms with Gasteiger partial charge in [0.1, 0.15) is 0 Å². The Hall–Kier alpha value is -0.890. The summed E-state index contributed by atoms with van der Waals surface area (Å²) >= 11 is 0. The van der Waals surface area contributed by atoms with Crippen molar-refractivity contribution in [3.05, 3.63) is 0 Å². The molecule has 0 bridgehead atoms. The van der Waals surface area contributed by atoms with Crippen LogP contribution in [0, 0.1) is 0 Å². The van der Waals surface area contributed by atoms with E-state index in [9.17, 15) is 4.79 Å². The molecule has 0 unspecified atom stereocenters. The molecular weight excluding hydrogens is 272 g/mol. The van der Waals surface area contributed by atoms with Crippen LogP contribution >= 0.6 is 0 Å². The monoisotopic (exact) mass is 298 g/mol. The SMILES string of the molecule is O=C1N(CN2CCOCC2)CCCN1CN1CCOCC1. The predicted octanol–water partition coefficient (Wildman–Crippen LogP) is -0.306. The van der Waals surface area contributed by atoms with Crippen molar-refractivity contribution in [2.45, 2.75) is 6.42 Å². The van der Waals surface area contributed by atoms with Gasteiger partial charge in [-0.2, -0.15) is 0 Å². The van der Waals surface area contributed by atoms with E-state index < -0.39 is 0 Å². The Labute approximate surface area is 126 Å². The van der Waals surface area contributed by atoms with Crippen molar-refractivity contribution in [2.24, 2.45) is 0 Å². The van der Waals surface area contributed by atoms with Crippen LogP contribution in [0.2, 0.25) is 0 Å². The van der Waals surface area contributed by atoms with E-state index in [1.807, 2.05) is 9.80 Å². The minimum absolute atomic E-state index is 0.180. The highest BCUT2D eigenvalue weighted by molar-refractivity contribution is 5.75. The second-order valence-electron chi connectivity index (χ2n) is 5.91. The van der Waals surface area contributed by atoms with Crippen molar-refractivity contribution < 1.29 is 14.3 Å². The van der Waals surface area contributed by atoms with Crippen molar-refractivity contribution in [2.75, 3.05) is 79.0 Å². The van der Waals surface area contributed by atoms with Crippen molar-refractivity contribution in [3.63, 3.8) is 0 Å². The van der Waals surface area contributed by atoms with Gasteiger partial charge >= 0.3 is 6.03 Å². The summed E-state index contributed by atoms with van der Waals surface area (Å²) in [5, 5.41) is 0. The van der Waals surface area contributed by atoms with E-state index in [-0.39, 0.29) is 6.03 Å². The first-order valence-corrected chi connectivity index (χ1v) is 7.97. The van der Waals surface area contributed by atoms with Crippen molar-refractivity contribution >= 4 is 6.03 Å². The molecular formula is C14H26N4O3. The lowest BCUT2D eigenvalue weighted by Gasteiger charge is -2.41. The van der Waals surface area contributed by atoms with Gasteiger partial charge in [0.05, 0.1) is 39.8 Å². The van der Waals surface area contributed by atoms with Crippen LogP contribution in [0.1, 0.15) is 6.42 Å². The summed E-state index contributed by atoms with van der Waals surface area (Å²) in [4.78, 5) is 21.2. The average molecular weight is 298 g/mol. The Morgan fingerprint density at radius 2 is 1.14 bits per heavy atom. The third kappa shape index (κ3) is 4.06. The third-order valence-electron chi connectivity index (χ3n) is 4.35. The van der Waals surface area contributed by atoms with E-state index >= 15 is 0 Å². The van der Waals surface area contributed by atoms with Crippen LogP contribution in [0.15, 0.2) is 0 Å². The lowest BCUT2D eigenvalue weighted by molar-refractivity contribution is -0.00639. The molecule has 7 nitrogen and oxygen atoms in total. The molecule has 0 aliphatic carbocycles. The zero-order valence-corrected chi connectivity index (χ0v) is 12.7. The van der Waals surface area contributed by atoms with E-state index in [0.29, 0.717) is 0 Å². The summed E-state index contributed by atoms with van der Waals surface area (Å²) in [6.45, 7) is 10.0. The summed E-state index contributed by atoms with van der Waals surface area (Å²) in [5.41, 5.74) is 0. The number of rotatable bonds is 4. The molecule has 0 atom stereocenters. The molecule has 0 radical (unpaired) electrons. The molecule has 0 spiro atoms. The molecule has 7 heteroatoms. The summed E-state index contributed by atoms with van der Waals surface area (Å²) < 4.78 is 10.7. The van der Waals surface area contributed by atoms with Crippen LogP contribution in [0.25, 0.3) is 0 Å². The van der Waals surface area contributed by atoms with Gasteiger partial charge in [-0.05, 0) is 6.42 Å². The van der Waals surface area contributed by atoms with Crippen LogP contribution < -0.4 is 0 Å². The molecule has 21 heavy (non-hydrogen) atoms. The quantitative estimate of drug-likeness (QED) is 0.713. The van der Waals surface area contributed by atoms with Crippen LogP contribution in [-0.4, -0.2) is 105 Å². The molecule has 0 aromatic rings. The maximum absolute atomic E-state index is 12.6. The van der Waals surface area contributed by atoms with Gasteiger partial charge in [-0.3, -0.25) is 9.80 Å². The predicted molar refractivity (Wildman–Crippen MR) is 77.9 cm³/mol. The Morgan fingerprint density at radius 1 is 0.714 bits per heavy atom. The Morgan fingerprint density at radius 3 is 1.57 bits per heavy atom. The van der Waals surface area contributed by atoms with Crippen molar-refractivity contribution in [1.82, 2.24) is 19.6 Å². The molecule has 120 valence electrons. The minimum atomic E-state index is 0.180. The second kappa shape index (κ2) is 7.40. The number of ether oxygens (including phenoxy) is 2. The molecule has 0 N–H and O–H groups in total. The summed E-state index contributed by atoms with van der Waals surface area (Å²) in [6, 6.07) is 0.180. The molecule has 0 aromatic heterocycles. The molecule has 3 aliphatic heterocycles. The molecule has 0 aromatic carbocycles. The first-order valence-electron chi connectivity index (χ1n) is 7.97. The normalized spacial score (nSPS) is 26.4. The fraction of sp³-hybridized carbons (Fsp3) is 0.929. The van der Waals surface area contributed by atoms with Gasteiger partial charge in [-0.15, -0.1) is 0 Å². The van der Waals surface area contributed by atoms with E-state index in [1.165, 1.54) is 0 Å². The highest BCUT2D eigenvalue weighted by atomic mass is 16.5. The van der Waals surface area contributed by atoms with E-state index in [2.05, 4.69) is 9.80 Å². The van der Waals surface area contributed by atoms with Gasteiger partial charge in [0.15, 0.2) is 0 Å². The van der Waals surface area contributed by atoms with Crippen LogP contribution in [0.3, 0.4) is 0 Å². The van der Waals surface area contributed by atoms with Gasteiger partial charge in [0.2, 0.25) is 0 Å². The highest BCUT2D eigenvalue weighted by Crippen LogP contribution is 2.12. The van der Waals surface area contributed by atoms with E-state index in [0.717, 1.165) is 85.5 Å². The Balaban J connectivity index is 1.50. The third-order valence-corrected chi connectivity index (χ3v) is 4.35. The zero-order valence-electron chi connectivity index (χ0n) is 12.7. The molecule has 0 saturated carbocycles. The van der Waals surface area contributed by atoms with Crippen LogP contribution in [0.5, 0.6) is 0 Å². The zero-order chi connectivity index (χ0) is 14.5. The summed E-state index contributed by atoms with van der Waals surface area (Å²) in [6.07, 6.45) is 1.06. The maximum atomic E-state index is 12.6. The average Bonchev–Trinajstić information content (AvgIpc) is 2.53. The van der Waals surface area contributed by atoms with E-state index in [4.69, 9.17) is 9.47 Å². The largest absolute Gasteiger partial charge is 0.379 e. The highest BCUT2D eigenvalue weighted by Gasteiger charge is 2.28. The number of carbonyl (C=O) groups is 1. The number of hydrogen-bond acceptors (Lipinski definition) is 5. The van der Waals surface area contributed by atoms with Gasteiger partial charge in [0.25, 0.3) is 0 Å². The van der Waals surface area contributed by atoms with Gasteiger partial charge in [0, 0.05) is 39.3 Å². The standard InChI is InChI=1S/C14H26N4O3/c19-14-17(12-15-4-8-20-9-5-15)2-1-3-18(14)13-16-6-10-21-11-7-16/h1-13H2. The lowest BCUT2D eigenvalue weighted by atomic mass is 10.3. The topological polar surface area (TPSA) is 48.5 Å². The van der Waals surface area contributed by atoms with E-state index in [1.54, 1.807) is 0 Å². The van der Waals surface area contributed by atoms with Gasteiger partial charge in [-0.25, -0.2) is 4.79 Å². The smallest absolute Gasteiger partial charge is 0.322 e. The van der Waals surface area contributed by atoms with Crippen LogP contribution in [-0.2, 0) is 9.47 Å². The fourth-order valence-corrected chi connectivity index (χ4v) is 3.07. The molecule has 3 fully saturated rings. The second-order valence-corrected chi connectivity index (χ2v) is 5.91. The first-order chi connectivity index (χ1) is 10.3. The number of amides is 2. The minimum Gasteiger partial charge on any atom is -0.379 e. The van der Waals surface area contributed by atoms with Crippen LogP contribution in [0.4, 0.5) is 4.79 Å². The number of carbonyl (C=O) groups excluding carboxylic acids is 1. The summed E-state index contributed by atoms with van der Waals surface area (Å²) in [5.74, 6) is 0. The molecule has 3 rings (SSSR count). The molecule has 3 heterocycles. The van der Waals surface area contributed by atoms with Gasteiger partial charge in [-0.1, -0.05) is 0 Å². The Kier molecular flexibility index (Phi) is 5.29. The van der Waals surface area contributed by atoms with Gasteiger partial charge < -0.3 is 19.3 Å². The molecule has 3 saturated heterocycles.